The van der Waals surface area contributed by atoms with Gasteiger partial charge in [0, 0.05) is 11.3 Å². The van der Waals surface area contributed by atoms with Gasteiger partial charge in [-0.25, -0.2) is 0 Å². The molecule has 3 nitrogen and oxygen atoms in total. The highest BCUT2D eigenvalue weighted by molar-refractivity contribution is 5.95. The maximum atomic E-state index is 9.98. The third-order valence-corrected chi connectivity index (χ3v) is 4.65. The lowest BCUT2D eigenvalue weighted by atomic mass is 9.70. The molecule has 0 spiro atoms. The fourth-order valence-electron chi connectivity index (χ4n) is 3.17. The minimum atomic E-state index is -0.550. The predicted octanol–water partition coefficient (Wildman–Crippen LogP) is 1.63. The molecule has 2 aliphatic carbocycles. The number of aliphatic hydroxyl groups excluding tert-OH is 1. The minimum Gasteiger partial charge on any atom is -0.411 e. The second kappa shape index (κ2) is 2.27. The van der Waals surface area contributed by atoms with Crippen LogP contribution in [0.4, 0.5) is 0 Å². The summed E-state index contributed by atoms with van der Waals surface area (Å²) in [6.07, 6.45) is 1.52. The molecule has 74 valence electrons. The van der Waals surface area contributed by atoms with Gasteiger partial charge in [-0.05, 0) is 18.3 Å². The Labute approximate surface area is 78.4 Å². The summed E-state index contributed by atoms with van der Waals surface area (Å²) in [7, 11) is 0. The summed E-state index contributed by atoms with van der Waals surface area (Å²) in [6.45, 7) is 6.41. The van der Waals surface area contributed by atoms with E-state index < -0.39 is 6.10 Å². The van der Waals surface area contributed by atoms with Gasteiger partial charge in [-0.3, -0.25) is 0 Å². The van der Waals surface area contributed by atoms with E-state index in [0.29, 0.717) is 5.71 Å². The molecular weight excluding hydrogens is 166 g/mol. The second-order valence-corrected chi connectivity index (χ2v) is 5.16. The smallest absolute Gasteiger partial charge is 0.102 e. The Balaban J connectivity index is 2.51. The highest BCUT2D eigenvalue weighted by Gasteiger charge is 2.64. The van der Waals surface area contributed by atoms with Gasteiger partial charge < -0.3 is 10.3 Å². The number of rotatable bonds is 0. The monoisotopic (exact) mass is 183 g/mol. The van der Waals surface area contributed by atoms with Gasteiger partial charge in [0.25, 0.3) is 0 Å². The maximum absolute atomic E-state index is 9.98. The maximum Gasteiger partial charge on any atom is 0.102 e. The average molecular weight is 183 g/mol. The lowest BCUT2D eigenvalue weighted by Gasteiger charge is -2.35. The van der Waals surface area contributed by atoms with Crippen LogP contribution in [0.15, 0.2) is 5.16 Å². The molecule has 0 radical (unpaired) electrons. The molecule has 2 aliphatic rings. The van der Waals surface area contributed by atoms with Gasteiger partial charge in [0.2, 0.25) is 0 Å². The predicted molar refractivity (Wildman–Crippen MR) is 49.8 cm³/mol. The molecule has 0 aliphatic heterocycles. The summed E-state index contributed by atoms with van der Waals surface area (Å²) >= 11 is 0. The molecule has 0 amide bonds. The van der Waals surface area contributed by atoms with Gasteiger partial charge in [0.05, 0.1) is 5.71 Å². The Morgan fingerprint density at radius 3 is 2.31 bits per heavy atom. The normalized spacial score (nSPS) is 50.3. The van der Waals surface area contributed by atoms with Crippen molar-refractivity contribution in [2.75, 3.05) is 0 Å². The topological polar surface area (TPSA) is 52.8 Å². The van der Waals surface area contributed by atoms with Crippen molar-refractivity contribution in [2.45, 2.75) is 39.7 Å². The van der Waals surface area contributed by atoms with Gasteiger partial charge in [-0.2, -0.15) is 0 Å². The van der Waals surface area contributed by atoms with Crippen LogP contribution < -0.4 is 0 Å². The van der Waals surface area contributed by atoms with Crippen molar-refractivity contribution in [3.63, 3.8) is 0 Å². The fraction of sp³-hybridized carbons (Fsp3) is 0.900. The number of fused-ring (bicyclic) bond motifs is 2. The van der Waals surface area contributed by atoms with Crippen molar-refractivity contribution in [1.29, 1.82) is 0 Å². The van der Waals surface area contributed by atoms with Crippen molar-refractivity contribution in [2.24, 2.45) is 21.9 Å². The summed E-state index contributed by atoms with van der Waals surface area (Å²) in [6, 6.07) is 0. The van der Waals surface area contributed by atoms with Crippen molar-refractivity contribution in [3.8, 4) is 0 Å². The molecule has 2 fully saturated rings. The minimum absolute atomic E-state index is 0.0635. The average Bonchev–Trinajstić information content (AvgIpc) is 2.36. The molecular formula is C10H17NO2. The number of nitrogens with zero attached hydrogens (tertiary/aromatic N) is 1. The fourth-order valence-corrected chi connectivity index (χ4v) is 3.17. The number of hydrogen-bond donors (Lipinski definition) is 2. The SMILES string of the molecule is CC1(C)C2CCC1(C)[C@@H](O)/C2=N/O. The van der Waals surface area contributed by atoms with E-state index in [0.717, 1.165) is 12.8 Å². The van der Waals surface area contributed by atoms with Gasteiger partial charge >= 0.3 is 0 Å². The number of hydrogen-bond acceptors (Lipinski definition) is 3. The van der Waals surface area contributed by atoms with E-state index in [4.69, 9.17) is 5.21 Å². The summed E-state index contributed by atoms with van der Waals surface area (Å²) < 4.78 is 0. The number of oxime groups is 1. The molecule has 13 heavy (non-hydrogen) atoms. The zero-order chi connectivity index (χ0) is 9.85. The van der Waals surface area contributed by atoms with Crippen molar-refractivity contribution >= 4 is 5.71 Å². The summed E-state index contributed by atoms with van der Waals surface area (Å²) in [4.78, 5) is 0. The Morgan fingerprint density at radius 1 is 1.38 bits per heavy atom. The summed E-state index contributed by atoms with van der Waals surface area (Å²) in [5.41, 5.74) is 0.562. The first-order valence-corrected chi connectivity index (χ1v) is 4.85. The van der Waals surface area contributed by atoms with Gasteiger partial charge in [-0.1, -0.05) is 25.9 Å². The van der Waals surface area contributed by atoms with E-state index in [1.54, 1.807) is 0 Å². The molecule has 0 saturated heterocycles. The van der Waals surface area contributed by atoms with Crippen LogP contribution in [-0.4, -0.2) is 22.1 Å². The van der Waals surface area contributed by atoms with Crippen LogP contribution in [0.1, 0.15) is 33.6 Å². The molecule has 2 bridgehead atoms. The van der Waals surface area contributed by atoms with Gasteiger partial charge in [0.15, 0.2) is 0 Å². The van der Waals surface area contributed by atoms with Crippen LogP contribution in [0.2, 0.25) is 0 Å². The van der Waals surface area contributed by atoms with Crippen molar-refractivity contribution in [1.82, 2.24) is 0 Å². The van der Waals surface area contributed by atoms with Crippen LogP contribution >= 0.6 is 0 Å². The highest BCUT2D eigenvalue weighted by atomic mass is 16.4. The van der Waals surface area contributed by atoms with Crippen LogP contribution in [0.5, 0.6) is 0 Å². The van der Waals surface area contributed by atoms with E-state index in [-0.39, 0.29) is 16.7 Å². The first-order chi connectivity index (χ1) is 5.95. The highest BCUT2D eigenvalue weighted by Crippen LogP contribution is 2.64. The molecule has 0 aromatic carbocycles. The molecule has 3 atom stereocenters. The van der Waals surface area contributed by atoms with Crippen LogP contribution in [0, 0.1) is 16.7 Å². The lowest BCUT2D eigenvalue weighted by molar-refractivity contribution is 0.0332. The van der Waals surface area contributed by atoms with Crippen LogP contribution in [0.3, 0.4) is 0 Å². The van der Waals surface area contributed by atoms with Gasteiger partial charge in [-0.15, -0.1) is 0 Å². The van der Waals surface area contributed by atoms with Crippen molar-refractivity contribution in [3.05, 3.63) is 0 Å². The second-order valence-electron chi connectivity index (χ2n) is 5.16. The molecule has 0 aromatic rings. The van der Waals surface area contributed by atoms with Gasteiger partial charge in [0.1, 0.15) is 6.10 Å². The first-order valence-electron chi connectivity index (χ1n) is 4.85. The van der Waals surface area contributed by atoms with Crippen LogP contribution in [0.25, 0.3) is 0 Å². The lowest BCUT2D eigenvalue weighted by Crippen LogP contribution is -2.37. The van der Waals surface area contributed by atoms with E-state index >= 15 is 0 Å². The molecule has 0 heterocycles. The quantitative estimate of drug-likeness (QED) is 0.443. The Kier molecular flexibility index (Phi) is 1.57. The summed E-state index contributed by atoms with van der Waals surface area (Å²) in [5.74, 6) is 0.262. The molecule has 2 unspecified atom stereocenters. The third kappa shape index (κ3) is 0.766. The summed E-state index contributed by atoms with van der Waals surface area (Å²) in [5, 5.41) is 22.1. The Bertz CT molecular complexity index is 272. The molecule has 2 N–H and O–H groups in total. The zero-order valence-electron chi connectivity index (χ0n) is 8.41. The zero-order valence-corrected chi connectivity index (χ0v) is 8.41. The van der Waals surface area contributed by atoms with E-state index in [1.165, 1.54) is 0 Å². The van der Waals surface area contributed by atoms with E-state index in [2.05, 4.69) is 25.9 Å². The molecule has 2 rings (SSSR count). The first kappa shape index (κ1) is 9.00. The Morgan fingerprint density at radius 2 is 2.00 bits per heavy atom. The molecule has 3 heteroatoms. The molecule has 0 aromatic heterocycles. The van der Waals surface area contributed by atoms with Crippen LogP contribution in [-0.2, 0) is 0 Å². The van der Waals surface area contributed by atoms with Crippen molar-refractivity contribution < 1.29 is 10.3 Å². The number of aliphatic hydroxyl groups is 1. The standard InChI is InChI=1S/C10H17NO2/c1-9(2)6-4-5-10(9,3)8(12)7(6)11-13/h6,8,12-13H,4-5H2,1-3H3/b11-7+/t6?,8-,10?/m0/s1. The van der Waals surface area contributed by atoms with E-state index in [1.807, 2.05) is 0 Å². The van der Waals surface area contributed by atoms with E-state index in [9.17, 15) is 5.11 Å². The largest absolute Gasteiger partial charge is 0.411 e. The Hall–Kier alpha value is -0.570. The molecule has 2 saturated carbocycles. The third-order valence-electron chi connectivity index (χ3n) is 4.65.